The maximum Gasteiger partial charge on any atom is 0.0311 e. The lowest BCUT2D eigenvalue weighted by molar-refractivity contribution is 0.979. The van der Waals surface area contributed by atoms with Gasteiger partial charge in [0.25, 0.3) is 0 Å². The van der Waals surface area contributed by atoms with Crippen molar-refractivity contribution in [2.45, 2.75) is 12.8 Å². The number of fused-ring (bicyclic) bond motifs is 3. The number of hydrogen-bond acceptors (Lipinski definition) is 1. The molecule has 0 radical (unpaired) electrons. The van der Waals surface area contributed by atoms with Gasteiger partial charge in [0.1, 0.15) is 0 Å². The van der Waals surface area contributed by atoms with E-state index in [1.54, 1.807) is 6.20 Å². The van der Waals surface area contributed by atoms with Crippen LogP contribution in [0.4, 0.5) is 0 Å². The zero-order valence-electron chi connectivity index (χ0n) is 11.6. The highest BCUT2D eigenvalue weighted by atomic mass is 14.6. The molecule has 0 aromatic heterocycles. The monoisotopic (exact) mass is 259 g/mol. The average molecular weight is 259 g/mol. The molecule has 98 valence electrons. The van der Waals surface area contributed by atoms with Gasteiger partial charge in [0.05, 0.1) is 0 Å². The molecule has 0 aliphatic heterocycles. The zero-order chi connectivity index (χ0) is 13.9. The fourth-order valence-corrected chi connectivity index (χ4v) is 3.00. The molecule has 3 rings (SSSR count). The van der Waals surface area contributed by atoms with Crippen LogP contribution in [0.3, 0.4) is 0 Å². The van der Waals surface area contributed by atoms with Crippen molar-refractivity contribution >= 4 is 6.72 Å². The van der Waals surface area contributed by atoms with Gasteiger partial charge < -0.3 is 0 Å². The van der Waals surface area contributed by atoms with E-state index in [2.05, 4.69) is 73.2 Å². The summed E-state index contributed by atoms with van der Waals surface area (Å²) in [7, 11) is 0. The standard InChI is InChI=1S/C19H17N/c1-14(8-7-13-20-2)19-17-11-5-3-9-15(17)16-10-4-6-12-18(16)19/h3-13,19H,2H2,1H3/b13-7-,14-8+. The van der Waals surface area contributed by atoms with Gasteiger partial charge in [0.15, 0.2) is 0 Å². The van der Waals surface area contributed by atoms with Crippen molar-refractivity contribution in [2.24, 2.45) is 4.99 Å². The third kappa shape index (κ3) is 2.01. The topological polar surface area (TPSA) is 12.4 Å². The SMILES string of the molecule is C=N/C=C\C=C(/C)C1c2ccccc2-c2ccccc21. The molecule has 0 saturated carbocycles. The first-order valence-corrected chi connectivity index (χ1v) is 6.80. The highest BCUT2D eigenvalue weighted by Gasteiger charge is 2.28. The van der Waals surface area contributed by atoms with E-state index in [0.29, 0.717) is 5.92 Å². The summed E-state index contributed by atoms with van der Waals surface area (Å²) in [6.45, 7) is 5.64. The molecule has 0 bridgehead atoms. The lowest BCUT2D eigenvalue weighted by atomic mass is 9.90. The van der Waals surface area contributed by atoms with Crippen molar-refractivity contribution in [3.8, 4) is 11.1 Å². The van der Waals surface area contributed by atoms with Crippen molar-refractivity contribution in [3.63, 3.8) is 0 Å². The van der Waals surface area contributed by atoms with Gasteiger partial charge in [-0.05, 0) is 42.0 Å². The minimum atomic E-state index is 0.344. The van der Waals surface area contributed by atoms with Gasteiger partial charge in [-0.1, -0.05) is 60.2 Å². The fourth-order valence-electron chi connectivity index (χ4n) is 3.00. The molecule has 2 aromatic rings. The summed E-state index contributed by atoms with van der Waals surface area (Å²) in [6, 6.07) is 17.3. The second-order valence-corrected chi connectivity index (χ2v) is 5.04. The Morgan fingerprint density at radius 3 is 2.10 bits per heavy atom. The van der Waals surface area contributed by atoms with Crippen molar-refractivity contribution in [1.29, 1.82) is 0 Å². The number of nitrogens with zero attached hydrogens (tertiary/aromatic N) is 1. The van der Waals surface area contributed by atoms with E-state index in [1.807, 2.05) is 6.08 Å². The van der Waals surface area contributed by atoms with Crippen LogP contribution in [-0.2, 0) is 0 Å². The van der Waals surface area contributed by atoms with E-state index in [0.717, 1.165) is 0 Å². The Bertz CT molecular complexity index is 662. The quantitative estimate of drug-likeness (QED) is 0.545. The number of hydrogen-bond donors (Lipinski definition) is 0. The van der Waals surface area contributed by atoms with Crippen molar-refractivity contribution in [1.82, 2.24) is 0 Å². The minimum Gasteiger partial charge on any atom is -0.273 e. The number of allylic oxidation sites excluding steroid dienone is 3. The van der Waals surface area contributed by atoms with Crippen LogP contribution in [0.15, 0.2) is 77.4 Å². The van der Waals surface area contributed by atoms with Gasteiger partial charge >= 0.3 is 0 Å². The molecule has 0 saturated heterocycles. The van der Waals surface area contributed by atoms with E-state index in [9.17, 15) is 0 Å². The van der Waals surface area contributed by atoms with Crippen LogP contribution in [0.25, 0.3) is 11.1 Å². The number of aliphatic imine (C=N–C) groups is 1. The van der Waals surface area contributed by atoms with Gasteiger partial charge in [-0.25, -0.2) is 0 Å². The molecule has 1 aliphatic carbocycles. The third-order valence-corrected chi connectivity index (χ3v) is 3.84. The number of benzene rings is 2. The predicted octanol–water partition coefficient (Wildman–Crippen LogP) is 4.96. The van der Waals surface area contributed by atoms with Crippen LogP contribution in [-0.4, -0.2) is 6.72 Å². The molecular formula is C19H17N. The average Bonchev–Trinajstić information content (AvgIpc) is 2.82. The first-order chi connectivity index (χ1) is 9.83. The molecule has 0 fully saturated rings. The Morgan fingerprint density at radius 2 is 1.55 bits per heavy atom. The molecule has 0 atom stereocenters. The van der Waals surface area contributed by atoms with E-state index in [1.165, 1.54) is 27.8 Å². The Morgan fingerprint density at radius 1 is 1.00 bits per heavy atom. The van der Waals surface area contributed by atoms with Crippen LogP contribution in [0, 0.1) is 0 Å². The maximum atomic E-state index is 3.75. The summed E-state index contributed by atoms with van der Waals surface area (Å²) in [5, 5.41) is 0. The second kappa shape index (κ2) is 5.30. The predicted molar refractivity (Wildman–Crippen MR) is 86.2 cm³/mol. The van der Waals surface area contributed by atoms with Crippen molar-refractivity contribution < 1.29 is 0 Å². The molecule has 2 aromatic carbocycles. The third-order valence-electron chi connectivity index (χ3n) is 3.84. The largest absolute Gasteiger partial charge is 0.273 e. The Labute approximate surface area is 120 Å². The molecule has 0 spiro atoms. The fraction of sp³-hybridized carbons (Fsp3) is 0.105. The Hall–Kier alpha value is -2.41. The first kappa shape index (κ1) is 12.6. The molecule has 0 N–H and O–H groups in total. The minimum absolute atomic E-state index is 0.344. The summed E-state index contributed by atoms with van der Waals surface area (Å²) in [5.41, 5.74) is 6.81. The maximum absolute atomic E-state index is 3.75. The highest BCUT2D eigenvalue weighted by molar-refractivity contribution is 5.80. The van der Waals surface area contributed by atoms with Crippen molar-refractivity contribution in [2.75, 3.05) is 0 Å². The van der Waals surface area contributed by atoms with Gasteiger partial charge in [0.2, 0.25) is 0 Å². The van der Waals surface area contributed by atoms with E-state index in [-0.39, 0.29) is 0 Å². The van der Waals surface area contributed by atoms with E-state index >= 15 is 0 Å². The molecule has 20 heavy (non-hydrogen) atoms. The number of rotatable bonds is 3. The molecule has 1 aliphatic rings. The van der Waals surface area contributed by atoms with E-state index < -0.39 is 0 Å². The van der Waals surface area contributed by atoms with Gasteiger partial charge in [-0.3, -0.25) is 4.99 Å². The van der Waals surface area contributed by atoms with Crippen LogP contribution in [0.2, 0.25) is 0 Å². The smallest absolute Gasteiger partial charge is 0.0311 e. The molecule has 1 nitrogen and oxygen atoms in total. The summed E-state index contributed by atoms with van der Waals surface area (Å²) < 4.78 is 0. The van der Waals surface area contributed by atoms with Crippen molar-refractivity contribution in [3.05, 3.63) is 83.6 Å². The summed E-state index contributed by atoms with van der Waals surface area (Å²) >= 11 is 0. The molecular weight excluding hydrogens is 242 g/mol. The first-order valence-electron chi connectivity index (χ1n) is 6.80. The molecule has 0 unspecified atom stereocenters. The highest BCUT2D eigenvalue weighted by Crippen LogP contribution is 2.47. The molecule has 1 heteroatoms. The summed E-state index contributed by atoms with van der Waals surface area (Å²) in [4.78, 5) is 3.75. The Balaban J connectivity index is 2.14. The van der Waals surface area contributed by atoms with Crippen LogP contribution >= 0.6 is 0 Å². The van der Waals surface area contributed by atoms with E-state index in [4.69, 9.17) is 0 Å². The summed E-state index contributed by atoms with van der Waals surface area (Å²) in [6.07, 6.45) is 5.79. The summed E-state index contributed by atoms with van der Waals surface area (Å²) in [5.74, 6) is 0.344. The van der Waals surface area contributed by atoms with Gasteiger partial charge in [-0.15, -0.1) is 0 Å². The van der Waals surface area contributed by atoms with Gasteiger partial charge in [-0.2, -0.15) is 0 Å². The normalized spacial score (nSPS) is 14.3. The van der Waals surface area contributed by atoms with Crippen LogP contribution in [0.5, 0.6) is 0 Å². The lowest BCUT2D eigenvalue weighted by Crippen LogP contribution is -1.97. The second-order valence-electron chi connectivity index (χ2n) is 5.04. The lowest BCUT2D eigenvalue weighted by Gasteiger charge is -2.14. The Kier molecular flexibility index (Phi) is 3.34. The van der Waals surface area contributed by atoms with Crippen LogP contribution < -0.4 is 0 Å². The molecule has 0 amide bonds. The zero-order valence-corrected chi connectivity index (χ0v) is 11.6. The van der Waals surface area contributed by atoms with Gasteiger partial charge in [0, 0.05) is 12.1 Å². The van der Waals surface area contributed by atoms with Crippen LogP contribution in [0.1, 0.15) is 24.0 Å². The molecule has 0 heterocycles.